The molecule has 1 aromatic heterocycles. The Labute approximate surface area is 113 Å². The second kappa shape index (κ2) is 4.47. The minimum Gasteiger partial charge on any atom is -0.454 e. The van der Waals surface area contributed by atoms with Gasteiger partial charge < -0.3 is 14.8 Å². The molecule has 0 atom stereocenters. The standard InChI is InChI=1S/C12H10ClN3O3/c1-6-4-14-16-11(6)15-12(17)7-2-8(13)10-9(3-7)18-5-19-10/h2-4H,5H2,1H3,(H2,14,15,16,17). The molecule has 6 nitrogen and oxygen atoms in total. The van der Waals surface area contributed by atoms with Gasteiger partial charge in [-0.25, -0.2) is 0 Å². The fraction of sp³-hybridized carbons (Fsp3) is 0.167. The molecule has 0 radical (unpaired) electrons. The Morgan fingerprint density at radius 2 is 2.32 bits per heavy atom. The molecule has 19 heavy (non-hydrogen) atoms. The summed E-state index contributed by atoms with van der Waals surface area (Å²) >= 11 is 6.03. The van der Waals surface area contributed by atoms with E-state index in [1.54, 1.807) is 12.3 Å². The maximum Gasteiger partial charge on any atom is 0.257 e. The lowest BCUT2D eigenvalue weighted by atomic mass is 10.2. The maximum atomic E-state index is 12.1. The molecule has 2 N–H and O–H groups in total. The van der Waals surface area contributed by atoms with Crippen LogP contribution in [0.25, 0.3) is 0 Å². The molecule has 2 aromatic rings. The number of amides is 1. The Kier molecular flexibility index (Phi) is 2.79. The van der Waals surface area contributed by atoms with Crippen LogP contribution in [0.5, 0.6) is 11.5 Å². The largest absolute Gasteiger partial charge is 0.454 e. The molecule has 0 aliphatic carbocycles. The van der Waals surface area contributed by atoms with E-state index in [0.717, 1.165) is 5.56 Å². The van der Waals surface area contributed by atoms with Crippen LogP contribution in [0.3, 0.4) is 0 Å². The maximum absolute atomic E-state index is 12.1. The monoisotopic (exact) mass is 279 g/mol. The number of nitrogens with one attached hydrogen (secondary N) is 2. The Morgan fingerprint density at radius 3 is 3.05 bits per heavy atom. The molecule has 98 valence electrons. The number of aromatic amines is 1. The smallest absolute Gasteiger partial charge is 0.257 e. The SMILES string of the molecule is Cc1cn[nH]c1NC(=O)c1cc(Cl)c2c(c1)OCO2. The number of carbonyl (C=O) groups is 1. The van der Waals surface area contributed by atoms with E-state index in [4.69, 9.17) is 21.1 Å². The highest BCUT2D eigenvalue weighted by Crippen LogP contribution is 2.39. The summed E-state index contributed by atoms with van der Waals surface area (Å²) in [5, 5.41) is 9.60. The molecule has 1 aromatic carbocycles. The second-order valence-electron chi connectivity index (χ2n) is 4.07. The van der Waals surface area contributed by atoms with Crippen LogP contribution in [0, 0.1) is 6.92 Å². The zero-order chi connectivity index (χ0) is 13.4. The Bertz CT molecular complexity index is 654. The van der Waals surface area contributed by atoms with E-state index in [1.807, 2.05) is 6.92 Å². The third kappa shape index (κ3) is 2.10. The minimum absolute atomic E-state index is 0.111. The van der Waals surface area contributed by atoms with Crippen LogP contribution >= 0.6 is 11.6 Å². The number of H-pyrrole nitrogens is 1. The molecule has 0 fully saturated rings. The van der Waals surface area contributed by atoms with Crippen molar-refractivity contribution in [3.05, 3.63) is 34.5 Å². The lowest BCUT2D eigenvalue weighted by Crippen LogP contribution is -2.13. The van der Waals surface area contributed by atoms with E-state index in [9.17, 15) is 4.79 Å². The van der Waals surface area contributed by atoms with Gasteiger partial charge in [0, 0.05) is 11.1 Å². The third-order valence-electron chi connectivity index (χ3n) is 2.76. The summed E-state index contributed by atoms with van der Waals surface area (Å²) in [6.07, 6.45) is 1.63. The van der Waals surface area contributed by atoms with Crippen molar-refractivity contribution in [2.24, 2.45) is 0 Å². The zero-order valence-electron chi connectivity index (χ0n) is 9.99. The highest BCUT2D eigenvalue weighted by atomic mass is 35.5. The van der Waals surface area contributed by atoms with Gasteiger partial charge in [0.05, 0.1) is 11.2 Å². The van der Waals surface area contributed by atoms with E-state index < -0.39 is 0 Å². The van der Waals surface area contributed by atoms with Crippen LogP contribution in [0.2, 0.25) is 5.02 Å². The average molecular weight is 280 g/mol. The van der Waals surface area contributed by atoms with Gasteiger partial charge in [0.1, 0.15) is 5.82 Å². The number of rotatable bonds is 2. The number of hydrogen-bond donors (Lipinski definition) is 2. The number of halogens is 1. The number of anilines is 1. The van der Waals surface area contributed by atoms with E-state index >= 15 is 0 Å². The molecular formula is C12H10ClN3O3. The zero-order valence-corrected chi connectivity index (χ0v) is 10.7. The quantitative estimate of drug-likeness (QED) is 0.885. The number of aromatic nitrogens is 2. The predicted molar refractivity (Wildman–Crippen MR) is 68.9 cm³/mol. The summed E-state index contributed by atoms with van der Waals surface area (Å²) in [7, 11) is 0. The molecule has 3 rings (SSSR count). The molecule has 7 heteroatoms. The van der Waals surface area contributed by atoms with Gasteiger partial charge in [0.2, 0.25) is 6.79 Å². The Hall–Kier alpha value is -2.21. The van der Waals surface area contributed by atoms with Crippen molar-refractivity contribution in [2.45, 2.75) is 6.92 Å². The van der Waals surface area contributed by atoms with Crippen LogP contribution in [0.4, 0.5) is 5.82 Å². The van der Waals surface area contributed by atoms with Gasteiger partial charge in [-0.3, -0.25) is 9.89 Å². The van der Waals surface area contributed by atoms with Crippen molar-refractivity contribution in [2.75, 3.05) is 12.1 Å². The molecule has 0 saturated heterocycles. The lowest BCUT2D eigenvalue weighted by molar-refractivity contribution is 0.102. The first-order valence-corrected chi connectivity index (χ1v) is 5.93. The minimum atomic E-state index is -0.299. The second-order valence-corrected chi connectivity index (χ2v) is 4.48. The van der Waals surface area contributed by atoms with E-state index in [1.165, 1.54) is 6.07 Å². The number of carbonyl (C=O) groups excluding carboxylic acids is 1. The first-order valence-electron chi connectivity index (χ1n) is 5.55. The summed E-state index contributed by atoms with van der Waals surface area (Å²) < 4.78 is 10.4. The van der Waals surface area contributed by atoms with E-state index in [0.29, 0.717) is 27.9 Å². The summed E-state index contributed by atoms with van der Waals surface area (Å²) in [6.45, 7) is 1.95. The molecular weight excluding hydrogens is 270 g/mol. The molecule has 0 saturated carbocycles. The molecule has 2 heterocycles. The Morgan fingerprint density at radius 1 is 1.47 bits per heavy atom. The van der Waals surface area contributed by atoms with Crippen LogP contribution in [0.15, 0.2) is 18.3 Å². The number of benzene rings is 1. The van der Waals surface area contributed by atoms with Crippen LogP contribution in [-0.2, 0) is 0 Å². The van der Waals surface area contributed by atoms with Gasteiger partial charge in [-0.05, 0) is 19.1 Å². The van der Waals surface area contributed by atoms with Crippen molar-refractivity contribution in [1.82, 2.24) is 10.2 Å². The average Bonchev–Trinajstić information content (AvgIpc) is 2.99. The number of fused-ring (bicyclic) bond motifs is 1. The summed E-state index contributed by atoms with van der Waals surface area (Å²) in [4.78, 5) is 12.1. The molecule has 1 amide bonds. The summed E-state index contributed by atoms with van der Waals surface area (Å²) in [5.74, 6) is 1.20. The normalized spacial score (nSPS) is 12.5. The van der Waals surface area contributed by atoms with Crippen molar-refractivity contribution in [1.29, 1.82) is 0 Å². The van der Waals surface area contributed by atoms with Gasteiger partial charge in [0.15, 0.2) is 11.5 Å². The number of nitrogens with zero attached hydrogens (tertiary/aromatic N) is 1. The molecule has 0 bridgehead atoms. The first kappa shape index (κ1) is 11.9. The van der Waals surface area contributed by atoms with Gasteiger partial charge in [0.25, 0.3) is 5.91 Å². The van der Waals surface area contributed by atoms with Crippen LogP contribution in [-0.4, -0.2) is 22.9 Å². The van der Waals surface area contributed by atoms with Crippen LogP contribution < -0.4 is 14.8 Å². The van der Waals surface area contributed by atoms with Gasteiger partial charge in [-0.1, -0.05) is 11.6 Å². The van der Waals surface area contributed by atoms with Crippen molar-refractivity contribution < 1.29 is 14.3 Å². The first-order chi connectivity index (χ1) is 9.15. The fourth-order valence-electron chi connectivity index (χ4n) is 1.76. The predicted octanol–water partition coefficient (Wildman–Crippen LogP) is 2.35. The highest BCUT2D eigenvalue weighted by molar-refractivity contribution is 6.32. The van der Waals surface area contributed by atoms with E-state index in [-0.39, 0.29) is 12.7 Å². The van der Waals surface area contributed by atoms with Gasteiger partial charge >= 0.3 is 0 Å². The van der Waals surface area contributed by atoms with Crippen molar-refractivity contribution in [3.8, 4) is 11.5 Å². The van der Waals surface area contributed by atoms with Gasteiger partial charge in [-0.2, -0.15) is 5.10 Å². The molecule has 1 aliphatic heterocycles. The molecule has 0 unspecified atom stereocenters. The van der Waals surface area contributed by atoms with Crippen molar-refractivity contribution in [3.63, 3.8) is 0 Å². The molecule has 0 spiro atoms. The lowest BCUT2D eigenvalue weighted by Gasteiger charge is -2.06. The molecule has 1 aliphatic rings. The number of hydrogen-bond acceptors (Lipinski definition) is 4. The third-order valence-corrected chi connectivity index (χ3v) is 3.04. The summed E-state index contributed by atoms with van der Waals surface area (Å²) in [5.41, 5.74) is 1.24. The fourth-order valence-corrected chi connectivity index (χ4v) is 2.02. The number of aryl methyl sites for hydroxylation is 1. The van der Waals surface area contributed by atoms with Crippen molar-refractivity contribution >= 4 is 23.3 Å². The van der Waals surface area contributed by atoms with Gasteiger partial charge in [-0.15, -0.1) is 0 Å². The topological polar surface area (TPSA) is 76.2 Å². The highest BCUT2D eigenvalue weighted by Gasteiger charge is 2.21. The van der Waals surface area contributed by atoms with E-state index in [2.05, 4.69) is 15.5 Å². The number of ether oxygens (including phenoxy) is 2. The summed E-state index contributed by atoms with van der Waals surface area (Å²) in [6, 6.07) is 3.13. The van der Waals surface area contributed by atoms with Crippen LogP contribution in [0.1, 0.15) is 15.9 Å². The Balaban J connectivity index is 1.88.